The predicted octanol–water partition coefficient (Wildman–Crippen LogP) is 4.76. The van der Waals surface area contributed by atoms with Crippen LogP contribution >= 0.6 is 15.9 Å². The Morgan fingerprint density at radius 2 is 1.62 bits per heavy atom. The minimum absolute atomic E-state index is 0.00405. The van der Waals surface area contributed by atoms with Crippen molar-refractivity contribution in [3.05, 3.63) is 69.4 Å². The highest BCUT2D eigenvalue weighted by atomic mass is 79.9. The molecule has 0 bridgehead atoms. The van der Waals surface area contributed by atoms with Gasteiger partial charge in [0.05, 0.1) is 0 Å². The molecular formula is C16H15BrF3N. The molecule has 5 heteroatoms. The first-order valence-electron chi connectivity index (χ1n) is 6.63. The molecule has 0 aromatic heterocycles. The van der Waals surface area contributed by atoms with E-state index in [-0.39, 0.29) is 11.4 Å². The average molecular weight is 358 g/mol. The van der Waals surface area contributed by atoms with Crippen LogP contribution in [-0.4, -0.2) is 6.54 Å². The van der Waals surface area contributed by atoms with Gasteiger partial charge in [0, 0.05) is 16.1 Å². The summed E-state index contributed by atoms with van der Waals surface area (Å²) in [5.41, 5.74) is 0.813. The molecule has 1 N–H and O–H groups in total. The van der Waals surface area contributed by atoms with E-state index >= 15 is 0 Å². The fraction of sp³-hybridized carbons (Fsp3) is 0.250. The lowest BCUT2D eigenvalue weighted by Crippen LogP contribution is -2.25. The Balaban J connectivity index is 2.33. The van der Waals surface area contributed by atoms with Crippen LogP contribution in [0.1, 0.15) is 24.1 Å². The number of benzene rings is 2. The minimum atomic E-state index is -0.602. The molecule has 0 radical (unpaired) electrons. The van der Waals surface area contributed by atoms with Gasteiger partial charge in [0.25, 0.3) is 0 Å². The molecule has 112 valence electrons. The van der Waals surface area contributed by atoms with Crippen molar-refractivity contribution in [3.63, 3.8) is 0 Å². The van der Waals surface area contributed by atoms with E-state index < -0.39 is 17.7 Å². The fourth-order valence-electron chi connectivity index (χ4n) is 2.27. The third-order valence-corrected chi connectivity index (χ3v) is 3.65. The predicted molar refractivity (Wildman–Crippen MR) is 80.6 cm³/mol. The largest absolute Gasteiger partial charge is 0.310 e. The Morgan fingerprint density at radius 3 is 2.14 bits per heavy atom. The Morgan fingerprint density at radius 1 is 1.05 bits per heavy atom. The first-order chi connectivity index (χ1) is 10.0. The quantitative estimate of drug-likeness (QED) is 0.813. The maximum atomic E-state index is 14.1. The zero-order valence-electron chi connectivity index (χ0n) is 11.5. The molecule has 0 amide bonds. The van der Waals surface area contributed by atoms with Gasteiger partial charge in [-0.05, 0) is 42.8 Å². The zero-order chi connectivity index (χ0) is 15.4. The molecule has 0 spiro atoms. The molecule has 1 nitrogen and oxygen atoms in total. The molecule has 2 rings (SSSR count). The smallest absolute Gasteiger partial charge is 0.132 e. The van der Waals surface area contributed by atoms with Gasteiger partial charge in [-0.25, -0.2) is 13.2 Å². The monoisotopic (exact) mass is 357 g/mol. The number of hydrogen-bond donors (Lipinski definition) is 1. The highest BCUT2D eigenvalue weighted by Crippen LogP contribution is 2.27. The van der Waals surface area contributed by atoms with Crippen molar-refractivity contribution < 1.29 is 13.2 Å². The molecule has 0 saturated carbocycles. The van der Waals surface area contributed by atoms with Crippen LogP contribution in [0, 0.1) is 17.5 Å². The van der Waals surface area contributed by atoms with Crippen molar-refractivity contribution in [1.82, 2.24) is 5.32 Å². The summed E-state index contributed by atoms with van der Waals surface area (Å²) >= 11 is 3.07. The van der Waals surface area contributed by atoms with Crippen LogP contribution in [0.2, 0.25) is 0 Å². The minimum Gasteiger partial charge on any atom is -0.310 e. The standard InChI is InChI=1S/C16H15BrF3N/c1-2-21-15(7-10-3-5-12(18)6-4-10)16-13(19)8-11(17)9-14(16)20/h3-6,8-9,15,21H,2,7H2,1H3. The third kappa shape index (κ3) is 4.08. The van der Waals surface area contributed by atoms with E-state index in [1.807, 2.05) is 6.92 Å². The highest BCUT2D eigenvalue weighted by Gasteiger charge is 2.20. The summed E-state index contributed by atoms with van der Waals surface area (Å²) in [6.45, 7) is 2.44. The number of hydrogen-bond acceptors (Lipinski definition) is 1. The molecule has 0 aliphatic heterocycles. The lowest BCUT2D eigenvalue weighted by Gasteiger charge is -2.20. The Labute approximate surface area is 130 Å². The summed E-state index contributed by atoms with van der Waals surface area (Å²) in [7, 11) is 0. The van der Waals surface area contributed by atoms with E-state index in [9.17, 15) is 13.2 Å². The van der Waals surface area contributed by atoms with Crippen molar-refractivity contribution in [1.29, 1.82) is 0 Å². The van der Waals surface area contributed by atoms with E-state index in [4.69, 9.17) is 0 Å². The van der Waals surface area contributed by atoms with Gasteiger partial charge in [-0.15, -0.1) is 0 Å². The summed E-state index contributed by atoms with van der Waals surface area (Å²) in [4.78, 5) is 0. The van der Waals surface area contributed by atoms with E-state index in [2.05, 4.69) is 21.2 Å². The summed E-state index contributed by atoms with van der Waals surface area (Å²) in [6.07, 6.45) is 0.379. The maximum Gasteiger partial charge on any atom is 0.132 e. The summed E-state index contributed by atoms with van der Waals surface area (Å²) < 4.78 is 41.4. The Hall–Kier alpha value is -1.33. The van der Waals surface area contributed by atoms with E-state index in [0.717, 1.165) is 5.56 Å². The zero-order valence-corrected chi connectivity index (χ0v) is 13.1. The van der Waals surface area contributed by atoms with E-state index in [1.54, 1.807) is 12.1 Å². The number of halogens is 4. The van der Waals surface area contributed by atoms with Crippen molar-refractivity contribution in [2.24, 2.45) is 0 Å². The van der Waals surface area contributed by atoms with Crippen LogP contribution in [0.4, 0.5) is 13.2 Å². The van der Waals surface area contributed by atoms with Gasteiger partial charge in [0.1, 0.15) is 17.5 Å². The van der Waals surface area contributed by atoms with Crippen LogP contribution < -0.4 is 5.32 Å². The number of nitrogens with one attached hydrogen (secondary N) is 1. The first kappa shape index (κ1) is 16.0. The topological polar surface area (TPSA) is 12.0 Å². The molecule has 0 fully saturated rings. The molecule has 0 aliphatic rings. The molecule has 2 aromatic rings. The molecule has 1 unspecified atom stereocenters. The molecule has 2 aromatic carbocycles. The van der Waals surface area contributed by atoms with Gasteiger partial charge in [-0.2, -0.15) is 0 Å². The number of likely N-dealkylation sites (N-methyl/N-ethyl adjacent to an activating group) is 1. The molecular weight excluding hydrogens is 343 g/mol. The lowest BCUT2D eigenvalue weighted by atomic mass is 9.97. The van der Waals surface area contributed by atoms with Crippen molar-refractivity contribution >= 4 is 15.9 Å². The lowest BCUT2D eigenvalue weighted by molar-refractivity contribution is 0.472. The third-order valence-electron chi connectivity index (χ3n) is 3.20. The van der Waals surface area contributed by atoms with Gasteiger partial charge in [-0.1, -0.05) is 35.0 Å². The van der Waals surface area contributed by atoms with Crippen LogP contribution in [-0.2, 0) is 6.42 Å². The van der Waals surface area contributed by atoms with Gasteiger partial charge in [0.15, 0.2) is 0 Å². The van der Waals surface area contributed by atoms with Crippen LogP contribution in [0.3, 0.4) is 0 Å². The molecule has 1 atom stereocenters. The van der Waals surface area contributed by atoms with Crippen molar-refractivity contribution in [2.75, 3.05) is 6.54 Å². The SMILES string of the molecule is CCNC(Cc1ccc(F)cc1)c1c(F)cc(Br)cc1F. The molecule has 0 aliphatic carbocycles. The van der Waals surface area contributed by atoms with Gasteiger partial charge < -0.3 is 5.32 Å². The average Bonchev–Trinajstić information content (AvgIpc) is 2.40. The van der Waals surface area contributed by atoms with Crippen LogP contribution in [0.15, 0.2) is 40.9 Å². The van der Waals surface area contributed by atoms with Crippen LogP contribution in [0.5, 0.6) is 0 Å². The summed E-state index contributed by atoms with van der Waals surface area (Å²) in [6, 6.07) is 7.90. The van der Waals surface area contributed by atoms with Gasteiger partial charge in [-0.3, -0.25) is 0 Å². The van der Waals surface area contributed by atoms with Crippen LogP contribution in [0.25, 0.3) is 0 Å². The highest BCUT2D eigenvalue weighted by molar-refractivity contribution is 9.10. The molecule has 0 heterocycles. The van der Waals surface area contributed by atoms with E-state index in [1.165, 1.54) is 24.3 Å². The molecule has 0 saturated heterocycles. The Kier molecular flexibility index (Phi) is 5.42. The normalized spacial score (nSPS) is 12.4. The second-order valence-corrected chi connectivity index (χ2v) is 5.64. The van der Waals surface area contributed by atoms with Gasteiger partial charge in [0.2, 0.25) is 0 Å². The number of rotatable bonds is 5. The second kappa shape index (κ2) is 7.09. The summed E-state index contributed by atoms with van der Waals surface area (Å²) in [5.74, 6) is -1.54. The maximum absolute atomic E-state index is 14.1. The summed E-state index contributed by atoms with van der Waals surface area (Å²) in [5, 5.41) is 3.07. The van der Waals surface area contributed by atoms with Crippen molar-refractivity contribution in [3.8, 4) is 0 Å². The first-order valence-corrected chi connectivity index (χ1v) is 7.42. The molecule has 21 heavy (non-hydrogen) atoms. The Bertz CT molecular complexity index is 590. The second-order valence-electron chi connectivity index (χ2n) is 4.72. The fourth-order valence-corrected chi connectivity index (χ4v) is 2.67. The van der Waals surface area contributed by atoms with Crippen molar-refractivity contribution in [2.45, 2.75) is 19.4 Å². The van der Waals surface area contributed by atoms with E-state index in [0.29, 0.717) is 17.4 Å². The van der Waals surface area contributed by atoms with Gasteiger partial charge >= 0.3 is 0 Å².